The Bertz CT molecular complexity index is 2800. The number of hydrogen-bond acceptors (Lipinski definition) is 16. The van der Waals surface area contributed by atoms with Crippen LogP contribution in [0.3, 0.4) is 0 Å². The van der Waals surface area contributed by atoms with Crippen LogP contribution in [0.1, 0.15) is 58.8 Å². The summed E-state index contributed by atoms with van der Waals surface area (Å²) >= 11 is 6.08. The number of amides is 9. The Labute approximate surface area is 475 Å². The lowest BCUT2D eigenvalue weighted by atomic mass is 10.00. The van der Waals surface area contributed by atoms with Crippen molar-refractivity contribution in [3.8, 4) is 11.5 Å². The fraction of sp³-hybridized carbons (Fsp3) is 0.389. The molecule has 1 aliphatic rings. The van der Waals surface area contributed by atoms with Crippen LogP contribution >= 0.6 is 33.2 Å². The number of halogens is 1. The highest BCUT2D eigenvalue weighted by Gasteiger charge is 2.39. The first-order chi connectivity index (χ1) is 38.0. The fourth-order valence-electron chi connectivity index (χ4n) is 8.30. The average Bonchev–Trinajstić information content (AvgIpc) is 3.43. The largest absolute Gasteiger partial charge is 0.508 e. The van der Waals surface area contributed by atoms with Gasteiger partial charge in [-0.2, -0.15) is 0 Å². The molecular weight excluding hydrogens is 1090 g/mol. The van der Waals surface area contributed by atoms with Crippen molar-refractivity contribution in [1.82, 2.24) is 36.8 Å². The number of carbonyl (C=O) groups excluding carboxylic acids is 9. The summed E-state index contributed by atoms with van der Waals surface area (Å²) in [5, 5.41) is 47.5. The zero-order chi connectivity index (χ0) is 58.6. The van der Waals surface area contributed by atoms with E-state index in [1.165, 1.54) is 86.8 Å². The molecular formula is C54H68ClN11O12S2. The molecule has 0 unspecified atom stereocenters. The van der Waals surface area contributed by atoms with Crippen LogP contribution in [-0.2, 0) is 64.0 Å². The molecule has 1 aliphatic heterocycles. The number of likely N-dealkylation sites (N-methyl/N-ethyl adjacent to an activating group) is 1. The molecule has 0 spiro atoms. The Hall–Kier alpha value is -7.42. The second-order valence-electron chi connectivity index (χ2n) is 19.2. The summed E-state index contributed by atoms with van der Waals surface area (Å²) < 4.78 is 0. The number of aromatic hydroxyl groups is 2. The molecule has 9 atom stereocenters. The third-order valence-corrected chi connectivity index (χ3v) is 15.6. The SMILES string of the molecule is C[C@@H](O)[C@@H]1NC(=O)[C@H](CCCCN)NC(=O)[C@@H](Cc2ccc(C(N)=O)cc2)NC(=O)[C@H](Cc2ccc(O)cc2)NC(=O)[C@H](NC(=O)[C@@H](N)Cc2ccc(Cl)cc2)CSSC[C@@H](C(=O)N[C@H](Cc2ccc(O)cc2)C(N)=O)N(C)C1=O. The van der Waals surface area contributed by atoms with E-state index in [9.17, 15) is 58.5 Å². The van der Waals surface area contributed by atoms with E-state index in [1.54, 1.807) is 24.3 Å². The predicted octanol–water partition coefficient (Wildman–Crippen LogP) is -0.426. The van der Waals surface area contributed by atoms with Gasteiger partial charge in [0, 0.05) is 48.4 Å². The smallest absolute Gasteiger partial charge is 0.248 e. The lowest BCUT2D eigenvalue weighted by Crippen LogP contribution is -2.62. The lowest BCUT2D eigenvalue weighted by Gasteiger charge is -2.33. The number of carbonyl (C=O) groups is 9. The minimum Gasteiger partial charge on any atom is -0.508 e. The number of aliphatic hydroxyl groups excluding tert-OH is 1. The van der Waals surface area contributed by atoms with Crippen LogP contribution in [0.2, 0.25) is 5.02 Å². The molecule has 0 bridgehead atoms. The molecule has 1 heterocycles. The number of nitrogens with zero attached hydrogens (tertiary/aromatic N) is 1. The van der Waals surface area contributed by atoms with Gasteiger partial charge in [-0.05, 0) is 110 Å². The number of nitrogens with two attached hydrogens (primary N) is 4. The number of hydrogen-bond donors (Lipinski definition) is 13. The van der Waals surface area contributed by atoms with Gasteiger partial charge in [-0.3, -0.25) is 43.2 Å². The molecule has 80 heavy (non-hydrogen) atoms. The minimum absolute atomic E-state index is 0.0256. The first-order valence-electron chi connectivity index (χ1n) is 25.5. The fourth-order valence-corrected chi connectivity index (χ4v) is 10.9. The number of primary amides is 2. The Balaban J connectivity index is 1.60. The Kier molecular flexibility index (Phi) is 24.4. The molecule has 26 heteroatoms. The van der Waals surface area contributed by atoms with Crippen LogP contribution in [0.15, 0.2) is 97.1 Å². The van der Waals surface area contributed by atoms with Crippen LogP contribution in [0.5, 0.6) is 11.5 Å². The van der Waals surface area contributed by atoms with Crippen LogP contribution in [0.4, 0.5) is 0 Å². The van der Waals surface area contributed by atoms with E-state index in [0.717, 1.165) is 26.5 Å². The van der Waals surface area contributed by atoms with Gasteiger partial charge in [0.1, 0.15) is 53.8 Å². The number of benzene rings is 4. The van der Waals surface area contributed by atoms with Gasteiger partial charge in [0.25, 0.3) is 0 Å². The van der Waals surface area contributed by atoms with Crippen molar-refractivity contribution < 1.29 is 58.5 Å². The van der Waals surface area contributed by atoms with Crippen molar-refractivity contribution in [2.24, 2.45) is 22.9 Å². The minimum atomic E-state index is -1.75. The zero-order valence-electron chi connectivity index (χ0n) is 44.0. The second kappa shape index (κ2) is 30.8. The van der Waals surface area contributed by atoms with E-state index in [1.807, 2.05) is 0 Å². The Morgan fingerprint density at radius 3 is 1.71 bits per heavy atom. The van der Waals surface area contributed by atoms with Crippen LogP contribution < -0.4 is 54.8 Å². The summed E-state index contributed by atoms with van der Waals surface area (Å²) in [6.45, 7) is 1.43. The molecule has 430 valence electrons. The molecule has 0 aliphatic carbocycles. The van der Waals surface area contributed by atoms with Crippen molar-refractivity contribution >= 4 is 86.4 Å². The first kappa shape index (κ1) is 63.4. The number of unbranched alkanes of at least 4 members (excludes halogenated alkanes) is 1. The topological polar surface area (TPSA) is 394 Å². The summed E-state index contributed by atoms with van der Waals surface area (Å²) in [4.78, 5) is 127. The molecule has 4 aromatic carbocycles. The van der Waals surface area contributed by atoms with Gasteiger partial charge in [0.15, 0.2) is 0 Å². The van der Waals surface area contributed by atoms with E-state index >= 15 is 0 Å². The van der Waals surface area contributed by atoms with Gasteiger partial charge >= 0.3 is 0 Å². The normalized spacial score (nSPS) is 21.1. The lowest BCUT2D eigenvalue weighted by molar-refractivity contribution is -0.144. The number of phenolic OH excluding ortho intramolecular Hbond substituents is 2. The third-order valence-electron chi connectivity index (χ3n) is 13.0. The van der Waals surface area contributed by atoms with E-state index in [0.29, 0.717) is 33.7 Å². The summed E-state index contributed by atoms with van der Waals surface area (Å²) in [6.07, 6.45) is -1.56. The maximum Gasteiger partial charge on any atom is 0.248 e. The monoisotopic (exact) mass is 1160 g/mol. The highest BCUT2D eigenvalue weighted by atomic mass is 35.5. The average molecular weight is 1160 g/mol. The number of rotatable bonds is 19. The van der Waals surface area contributed by atoms with E-state index < -0.39 is 108 Å². The molecule has 17 N–H and O–H groups in total. The standard InChI is InChI=1S/C54H68ClN11O12S2/c1-29(67)45-54(78)66(2)44(53(77)61-40(47(59)71)24-32-10-18-36(68)19-11-32)28-80-79-27-43(64-48(72)38(57)23-30-8-16-35(55)17-9-30)52(76)63-42(26-33-12-20-37(69)21-13-33)51(75)62-41(25-31-6-14-34(15-7-31)46(58)70)50(74)60-39(49(73)65-45)5-3-4-22-56/h6-21,29,38-45,67-69H,3-5,22-28,56-57H2,1-2H3,(H2,58,70)(H2,59,71)(H,60,74)(H,61,77)(H,62,75)(H,63,76)(H,64,72)(H,65,73)/t29-,38+,39+,40-,41-,42+,43-,44+,45+/m1/s1. The number of nitrogens with one attached hydrogen (secondary N) is 6. The summed E-state index contributed by atoms with van der Waals surface area (Å²) in [5.41, 5.74) is 25.6. The molecule has 0 saturated carbocycles. The van der Waals surface area contributed by atoms with Crippen molar-refractivity contribution in [1.29, 1.82) is 0 Å². The zero-order valence-corrected chi connectivity index (χ0v) is 46.4. The molecule has 1 saturated heterocycles. The van der Waals surface area contributed by atoms with Gasteiger partial charge in [-0.15, -0.1) is 0 Å². The Morgan fingerprint density at radius 1 is 0.688 bits per heavy atom. The van der Waals surface area contributed by atoms with Crippen molar-refractivity contribution in [3.05, 3.63) is 130 Å². The van der Waals surface area contributed by atoms with E-state index in [-0.39, 0.29) is 73.6 Å². The number of aliphatic hydroxyl groups is 1. The van der Waals surface area contributed by atoms with Gasteiger partial charge in [0.05, 0.1) is 12.1 Å². The highest BCUT2D eigenvalue weighted by molar-refractivity contribution is 8.76. The predicted molar refractivity (Wildman–Crippen MR) is 302 cm³/mol. The molecule has 0 aromatic heterocycles. The van der Waals surface area contributed by atoms with E-state index in [4.69, 9.17) is 34.5 Å². The van der Waals surface area contributed by atoms with Gasteiger partial charge in [0.2, 0.25) is 53.2 Å². The van der Waals surface area contributed by atoms with Gasteiger partial charge < -0.3 is 75.1 Å². The summed E-state index contributed by atoms with van der Waals surface area (Å²) in [6, 6.07) is 12.3. The van der Waals surface area contributed by atoms with Gasteiger partial charge in [-0.1, -0.05) is 81.7 Å². The first-order valence-corrected chi connectivity index (χ1v) is 28.3. The summed E-state index contributed by atoms with van der Waals surface area (Å²) in [5.74, 6) is -8.61. The highest BCUT2D eigenvalue weighted by Crippen LogP contribution is 2.26. The number of phenols is 2. The van der Waals surface area contributed by atoms with Crippen LogP contribution in [0, 0.1) is 0 Å². The summed E-state index contributed by atoms with van der Waals surface area (Å²) in [7, 11) is 3.18. The van der Waals surface area contributed by atoms with Gasteiger partial charge in [-0.25, -0.2) is 0 Å². The molecule has 0 radical (unpaired) electrons. The van der Waals surface area contributed by atoms with Crippen molar-refractivity contribution in [2.45, 2.75) is 106 Å². The van der Waals surface area contributed by atoms with E-state index in [2.05, 4.69) is 31.9 Å². The maximum atomic E-state index is 14.8. The molecule has 1 fully saturated rings. The molecule has 23 nitrogen and oxygen atoms in total. The van der Waals surface area contributed by atoms with Crippen LogP contribution in [0.25, 0.3) is 0 Å². The van der Waals surface area contributed by atoms with Crippen molar-refractivity contribution in [2.75, 3.05) is 25.1 Å². The van der Waals surface area contributed by atoms with Crippen LogP contribution in [-0.4, -0.2) is 153 Å². The molecule has 4 aromatic rings. The maximum absolute atomic E-state index is 14.8. The Morgan fingerprint density at radius 2 is 1.18 bits per heavy atom. The van der Waals surface area contributed by atoms with Crippen molar-refractivity contribution in [3.63, 3.8) is 0 Å². The second-order valence-corrected chi connectivity index (χ2v) is 22.2. The third kappa shape index (κ3) is 19.4. The molecule has 9 amide bonds. The molecule has 5 rings (SSSR count). The quantitative estimate of drug-likeness (QED) is 0.0419.